The van der Waals surface area contributed by atoms with Gasteiger partial charge in [-0.15, -0.1) is 0 Å². The van der Waals surface area contributed by atoms with Crippen LogP contribution in [0, 0.1) is 6.92 Å². The fourth-order valence-electron chi connectivity index (χ4n) is 1.86. The normalized spacial score (nSPS) is 10.3. The molecule has 0 spiro atoms. The number of hydrogen-bond acceptors (Lipinski definition) is 2. The van der Waals surface area contributed by atoms with Crippen molar-refractivity contribution in [3.63, 3.8) is 0 Å². The molecular formula is C16H17ClN2O. The summed E-state index contributed by atoms with van der Waals surface area (Å²) >= 11 is 5.74. The van der Waals surface area contributed by atoms with Crippen LogP contribution in [0.4, 0.5) is 5.82 Å². The lowest BCUT2D eigenvalue weighted by Gasteiger charge is -2.05. The van der Waals surface area contributed by atoms with Gasteiger partial charge >= 0.3 is 0 Å². The van der Waals surface area contributed by atoms with Crippen molar-refractivity contribution in [2.24, 2.45) is 0 Å². The monoisotopic (exact) mass is 288 g/mol. The molecule has 3 nitrogen and oxygen atoms in total. The number of anilines is 1. The van der Waals surface area contributed by atoms with Crippen molar-refractivity contribution in [2.45, 2.75) is 26.2 Å². The van der Waals surface area contributed by atoms with E-state index in [2.05, 4.69) is 41.5 Å². The number of aromatic nitrogens is 1. The number of amides is 1. The Morgan fingerprint density at radius 1 is 1.20 bits per heavy atom. The molecule has 0 saturated heterocycles. The Morgan fingerprint density at radius 2 is 1.95 bits per heavy atom. The summed E-state index contributed by atoms with van der Waals surface area (Å²) in [5.41, 5.74) is 2.51. The van der Waals surface area contributed by atoms with Gasteiger partial charge in [0.2, 0.25) is 5.91 Å². The molecule has 2 rings (SSSR count). The van der Waals surface area contributed by atoms with E-state index in [1.54, 1.807) is 12.1 Å². The van der Waals surface area contributed by atoms with E-state index in [-0.39, 0.29) is 5.91 Å². The molecule has 0 aliphatic heterocycles. The second kappa shape index (κ2) is 7.06. The molecule has 20 heavy (non-hydrogen) atoms. The Hall–Kier alpha value is -1.87. The van der Waals surface area contributed by atoms with Crippen molar-refractivity contribution >= 4 is 23.3 Å². The van der Waals surface area contributed by atoms with Crippen molar-refractivity contribution in [1.82, 2.24) is 4.98 Å². The average molecular weight is 289 g/mol. The maximum absolute atomic E-state index is 11.8. The molecule has 0 bridgehead atoms. The molecule has 4 heteroatoms. The summed E-state index contributed by atoms with van der Waals surface area (Å²) < 4.78 is 0. The summed E-state index contributed by atoms with van der Waals surface area (Å²) in [6, 6.07) is 11.8. The number of carbonyl (C=O) groups excluding carboxylic acids is 1. The van der Waals surface area contributed by atoms with Crippen LogP contribution in [0.15, 0.2) is 42.6 Å². The molecule has 2 aromatic rings. The van der Waals surface area contributed by atoms with Gasteiger partial charge in [-0.3, -0.25) is 4.79 Å². The largest absolute Gasteiger partial charge is 0.311 e. The third kappa shape index (κ3) is 4.67. The molecule has 0 aliphatic carbocycles. The van der Waals surface area contributed by atoms with Gasteiger partial charge in [0.25, 0.3) is 0 Å². The highest BCUT2D eigenvalue weighted by Crippen LogP contribution is 2.11. The molecule has 0 aliphatic rings. The van der Waals surface area contributed by atoms with Gasteiger partial charge in [0.15, 0.2) is 0 Å². The van der Waals surface area contributed by atoms with E-state index in [0.717, 1.165) is 12.8 Å². The number of carbonyl (C=O) groups is 1. The molecule has 1 heterocycles. The second-order valence-electron chi connectivity index (χ2n) is 4.75. The Balaban J connectivity index is 1.75. The van der Waals surface area contributed by atoms with Crippen LogP contribution >= 0.6 is 11.6 Å². The van der Waals surface area contributed by atoms with Gasteiger partial charge in [0, 0.05) is 12.6 Å². The highest BCUT2D eigenvalue weighted by molar-refractivity contribution is 6.30. The van der Waals surface area contributed by atoms with Crippen LogP contribution in [-0.2, 0) is 11.2 Å². The van der Waals surface area contributed by atoms with Gasteiger partial charge in [-0.2, -0.15) is 0 Å². The van der Waals surface area contributed by atoms with E-state index in [4.69, 9.17) is 11.6 Å². The van der Waals surface area contributed by atoms with Gasteiger partial charge in [0.05, 0.1) is 5.02 Å². The highest BCUT2D eigenvalue weighted by atomic mass is 35.5. The SMILES string of the molecule is Cc1ccc(CCCC(=O)Nc2ccc(Cl)cn2)cc1. The van der Waals surface area contributed by atoms with E-state index in [9.17, 15) is 4.79 Å². The number of nitrogens with zero attached hydrogens (tertiary/aromatic N) is 1. The van der Waals surface area contributed by atoms with Crippen LogP contribution in [0.25, 0.3) is 0 Å². The number of aryl methyl sites for hydroxylation is 2. The van der Waals surface area contributed by atoms with Crippen molar-refractivity contribution < 1.29 is 4.79 Å². The number of halogens is 1. The summed E-state index contributed by atoms with van der Waals surface area (Å²) in [6.45, 7) is 2.07. The van der Waals surface area contributed by atoms with Gasteiger partial charge in [0.1, 0.15) is 5.82 Å². The zero-order chi connectivity index (χ0) is 14.4. The number of rotatable bonds is 5. The first-order chi connectivity index (χ1) is 9.63. The fraction of sp³-hybridized carbons (Fsp3) is 0.250. The van der Waals surface area contributed by atoms with Crippen LogP contribution in [0.1, 0.15) is 24.0 Å². The lowest BCUT2D eigenvalue weighted by atomic mass is 10.1. The molecule has 0 saturated carbocycles. The summed E-state index contributed by atoms with van der Waals surface area (Å²) in [5.74, 6) is 0.515. The average Bonchev–Trinajstić information content (AvgIpc) is 2.44. The van der Waals surface area contributed by atoms with E-state index >= 15 is 0 Å². The molecule has 0 unspecified atom stereocenters. The lowest BCUT2D eigenvalue weighted by molar-refractivity contribution is -0.116. The number of hydrogen-bond donors (Lipinski definition) is 1. The van der Waals surface area contributed by atoms with Crippen LogP contribution in [0.2, 0.25) is 5.02 Å². The van der Waals surface area contributed by atoms with Crippen LogP contribution in [0.3, 0.4) is 0 Å². The summed E-state index contributed by atoms with van der Waals surface area (Å²) in [5, 5.41) is 3.31. The highest BCUT2D eigenvalue weighted by Gasteiger charge is 2.03. The maximum atomic E-state index is 11.8. The van der Waals surface area contributed by atoms with E-state index in [1.807, 2.05) is 0 Å². The summed E-state index contributed by atoms with van der Waals surface area (Å²) in [6.07, 6.45) is 3.73. The molecule has 1 aromatic heterocycles. The maximum Gasteiger partial charge on any atom is 0.225 e. The minimum absolute atomic E-state index is 0.0214. The van der Waals surface area contributed by atoms with Gasteiger partial charge < -0.3 is 5.32 Å². The Morgan fingerprint density at radius 3 is 2.60 bits per heavy atom. The van der Waals surface area contributed by atoms with Gasteiger partial charge in [-0.05, 0) is 37.5 Å². The standard InChI is InChI=1S/C16H17ClN2O/c1-12-5-7-13(8-6-12)3-2-4-16(20)19-15-10-9-14(17)11-18-15/h5-11H,2-4H2,1H3,(H,18,19,20). The Bertz CT molecular complexity index is 564. The number of nitrogens with one attached hydrogen (secondary N) is 1. The summed E-state index contributed by atoms with van der Waals surface area (Å²) in [7, 11) is 0. The second-order valence-corrected chi connectivity index (χ2v) is 5.19. The predicted octanol–water partition coefficient (Wildman–Crippen LogP) is 4.00. The zero-order valence-electron chi connectivity index (χ0n) is 11.4. The molecule has 104 valence electrons. The van der Waals surface area contributed by atoms with Crippen molar-refractivity contribution in [1.29, 1.82) is 0 Å². The summed E-state index contributed by atoms with van der Waals surface area (Å²) in [4.78, 5) is 15.8. The molecule has 1 amide bonds. The van der Waals surface area contributed by atoms with Crippen LogP contribution in [0.5, 0.6) is 0 Å². The predicted molar refractivity (Wildman–Crippen MR) is 82.0 cm³/mol. The zero-order valence-corrected chi connectivity index (χ0v) is 12.2. The Labute approximate surface area is 124 Å². The first kappa shape index (κ1) is 14.5. The molecule has 1 N–H and O–H groups in total. The van der Waals surface area contributed by atoms with E-state index < -0.39 is 0 Å². The topological polar surface area (TPSA) is 42.0 Å². The fourth-order valence-corrected chi connectivity index (χ4v) is 1.97. The van der Waals surface area contributed by atoms with Crippen LogP contribution in [-0.4, -0.2) is 10.9 Å². The van der Waals surface area contributed by atoms with E-state index in [1.165, 1.54) is 17.3 Å². The first-order valence-corrected chi connectivity index (χ1v) is 6.98. The van der Waals surface area contributed by atoms with Crippen molar-refractivity contribution in [3.05, 3.63) is 58.7 Å². The van der Waals surface area contributed by atoms with Crippen molar-refractivity contribution in [3.8, 4) is 0 Å². The molecule has 0 atom stereocenters. The number of benzene rings is 1. The minimum atomic E-state index is -0.0214. The quantitative estimate of drug-likeness (QED) is 0.903. The first-order valence-electron chi connectivity index (χ1n) is 6.60. The third-order valence-corrected chi connectivity index (χ3v) is 3.21. The smallest absolute Gasteiger partial charge is 0.225 e. The minimum Gasteiger partial charge on any atom is -0.311 e. The Kier molecular flexibility index (Phi) is 5.13. The van der Waals surface area contributed by atoms with Crippen LogP contribution < -0.4 is 5.32 Å². The van der Waals surface area contributed by atoms with Crippen molar-refractivity contribution in [2.75, 3.05) is 5.32 Å². The molecule has 0 fully saturated rings. The van der Waals surface area contributed by atoms with E-state index in [0.29, 0.717) is 17.3 Å². The van der Waals surface area contributed by atoms with Gasteiger partial charge in [-0.1, -0.05) is 41.4 Å². The third-order valence-electron chi connectivity index (χ3n) is 2.98. The lowest BCUT2D eigenvalue weighted by Crippen LogP contribution is -2.12. The molecule has 1 aromatic carbocycles. The van der Waals surface area contributed by atoms with Gasteiger partial charge in [-0.25, -0.2) is 4.98 Å². The molecule has 0 radical (unpaired) electrons. The molecular weight excluding hydrogens is 272 g/mol. The number of pyridine rings is 1.